The molecular formula is C11H16O6S. The van der Waals surface area contributed by atoms with Gasteiger partial charge in [0.05, 0.1) is 19.0 Å². The molecule has 6 nitrogen and oxygen atoms in total. The number of esters is 2. The van der Waals surface area contributed by atoms with E-state index in [4.69, 9.17) is 9.47 Å². The van der Waals surface area contributed by atoms with Crippen LogP contribution < -0.4 is 0 Å². The van der Waals surface area contributed by atoms with Crippen molar-refractivity contribution in [2.75, 3.05) is 19.0 Å². The highest BCUT2D eigenvalue weighted by Gasteiger charge is 2.40. The molecule has 1 aliphatic rings. The Balaban J connectivity index is 2.88. The lowest BCUT2D eigenvalue weighted by atomic mass is 9.94. The van der Waals surface area contributed by atoms with Crippen molar-refractivity contribution in [2.24, 2.45) is 11.8 Å². The Hall–Kier alpha value is -1.37. The molecule has 1 aliphatic heterocycles. The molecule has 0 aromatic carbocycles. The number of rotatable bonds is 5. The van der Waals surface area contributed by atoms with E-state index in [0.29, 0.717) is 0 Å². The van der Waals surface area contributed by atoms with Gasteiger partial charge in [-0.25, -0.2) is 8.42 Å². The lowest BCUT2D eigenvalue weighted by Gasteiger charge is -2.18. The molecule has 0 saturated carbocycles. The molecule has 0 bridgehead atoms. The topological polar surface area (TPSA) is 86.7 Å². The van der Waals surface area contributed by atoms with Crippen LogP contribution in [0.5, 0.6) is 0 Å². The molecule has 0 saturated heterocycles. The van der Waals surface area contributed by atoms with E-state index in [1.165, 1.54) is 6.08 Å². The molecule has 0 radical (unpaired) electrons. The van der Waals surface area contributed by atoms with Crippen molar-refractivity contribution in [1.29, 1.82) is 0 Å². The lowest BCUT2D eigenvalue weighted by molar-refractivity contribution is -0.163. The minimum Gasteiger partial charge on any atom is -0.465 e. The third-order valence-electron chi connectivity index (χ3n) is 2.47. The Morgan fingerprint density at radius 2 is 1.72 bits per heavy atom. The molecule has 0 aliphatic carbocycles. The van der Waals surface area contributed by atoms with Crippen LogP contribution in [0.2, 0.25) is 0 Å². The Labute approximate surface area is 106 Å². The second-order valence-corrected chi connectivity index (χ2v) is 5.73. The third kappa shape index (κ3) is 3.56. The first-order chi connectivity index (χ1) is 8.41. The summed E-state index contributed by atoms with van der Waals surface area (Å²) in [4.78, 5) is 23.4. The summed E-state index contributed by atoms with van der Waals surface area (Å²) in [6.45, 7) is 3.47. The molecular weight excluding hydrogens is 260 g/mol. The van der Waals surface area contributed by atoms with Crippen LogP contribution in [0.1, 0.15) is 13.8 Å². The second kappa shape index (κ2) is 5.99. The van der Waals surface area contributed by atoms with Gasteiger partial charge in [0.15, 0.2) is 15.8 Å². The molecule has 0 amide bonds. The molecule has 102 valence electrons. The zero-order valence-electron chi connectivity index (χ0n) is 10.3. The minimum atomic E-state index is -3.33. The molecule has 1 heterocycles. The maximum Gasteiger partial charge on any atom is 0.320 e. The van der Waals surface area contributed by atoms with Gasteiger partial charge in [0.1, 0.15) is 0 Å². The molecule has 18 heavy (non-hydrogen) atoms. The summed E-state index contributed by atoms with van der Waals surface area (Å²) in [5.41, 5.74) is 0. The minimum absolute atomic E-state index is 0.123. The van der Waals surface area contributed by atoms with E-state index in [1.807, 2.05) is 0 Å². The number of ether oxygens (including phenoxy) is 2. The molecule has 0 spiro atoms. The van der Waals surface area contributed by atoms with Gasteiger partial charge in [-0.15, -0.1) is 0 Å². The number of allylic oxidation sites excluding steroid dienone is 1. The maximum atomic E-state index is 11.7. The van der Waals surface area contributed by atoms with Crippen molar-refractivity contribution in [3.05, 3.63) is 11.5 Å². The fourth-order valence-electron chi connectivity index (χ4n) is 1.72. The third-order valence-corrected chi connectivity index (χ3v) is 3.89. The average Bonchev–Trinajstić information content (AvgIpc) is 2.59. The van der Waals surface area contributed by atoms with E-state index in [9.17, 15) is 18.0 Å². The maximum absolute atomic E-state index is 11.7. The molecule has 0 aromatic heterocycles. The zero-order valence-corrected chi connectivity index (χ0v) is 11.1. The van der Waals surface area contributed by atoms with E-state index in [1.54, 1.807) is 13.8 Å². The number of sulfone groups is 1. The molecule has 0 fully saturated rings. The van der Waals surface area contributed by atoms with Crippen molar-refractivity contribution in [1.82, 2.24) is 0 Å². The summed E-state index contributed by atoms with van der Waals surface area (Å²) >= 11 is 0. The van der Waals surface area contributed by atoms with Crippen molar-refractivity contribution in [3.63, 3.8) is 0 Å². The average molecular weight is 276 g/mol. The molecule has 1 rings (SSSR count). The fourth-order valence-corrected chi connectivity index (χ4v) is 3.11. The van der Waals surface area contributed by atoms with E-state index in [2.05, 4.69) is 0 Å². The van der Waals surface area contributed by atoms with Gasteiger partial charge >= 0.3 is 11.9 Å². The lowest BCUT2D eigenvalue weighted by Crippen LogP contribution is -2.35. The van der Waals surface area contributed by atoms with Crippen LogP contribution in [0.25, 0.3) is 0 Å². The van der Waals surface area contributed by atoms with Gasteiger partial charge in [-0.1, -0.05) is 6.08 Å². The van der Waals surface area contributed by atoms with E-state index >= 15 is 0 Å². The monoisotopic (exact) mass is 276 g/mol. The molecule has 7 heteroatoms. The van der Waals surface area contributed by atoms with Crippen LogP contribution in [0.3, 0.4) is 0 Å². The van der Waals surface area contributed by atoms with Crippen LogP contribution in [-0.2, 0) is 28.9 Å². The first kappa shape index (κ1) is 14.7. The SMILES string of the molecule is CCOC(=O)C(C(=O)OCC)C1C=CS(=O)(=O)C1. The highest BCUT2D eigenvalue weighted by Crippen LogP contribution is 2.25. The van der Waals surface area contributed by atoms with Gasteiger partial charge in [0.25, 0.3) is 0 Å². The Morgan fingerprint density at radius 1 is 1.22 bits per heavy atom. The standard InChI is InChI=1S/C11H16O6S/c1-3-16-10(12)9(11(13)17-4-2)8-5-6-18(14,15)7-8/h5-6,8-9H,3-4,7H2,1-2H3. The number of hydrogen-bond donors (Lipinski definition) is 0. The van der Waals surface area contributed by atoms with Crippen molar-refractivity contribution >= 4 is 21.8 Å². The first-order valence-electron chi connectivity index (χ1n) is 5.65. The summed E-state index contributed by atoms with van der Waals surface area (Å²) < 4.78 is 32.2. The van der Waals surface area contributed by atoms with Crippen molar-refractivity contribution < 1.29 is 27.5 Å². The van der Waals surface area contributed by atoms with Crippen LogP contribution in [0.15, 0.2) is 11.5 Å². The summed E-state index contributed by atoms with van der Waals surface area (Å²) in [7, 11) is -3.33. The van der Waals surface area contributed by atoms with Gasteiger partial charge in [0, 0.05) is 11.3 Å². The highest BCUT2D eigenvalue weighted by atomic mass is 32.2. The van der Waals surface area contributed by atoms with Crippen LogP contribution in [0, 0.1) is 11.8 Å². The molecule has 0 N–H and O–H groups in total. The molecule has 1 atom stereocenters. The molecule has 0 aromatic rings. The second-order valence-electron chi connectivity index (χ2n) is 3.80. The van der Waals surface area contributed by atoms with Crippen LogP contribution >= 0.6 is 0 Å². The number of carbonyl (C=O) groups excluding carboxylic acids is 2. The van der Waals surface area contributed by atoms with Crippen molar-refractivity contribution in [3.8, 4) is 0 Å². The summed E-state index contributed by atoms with van der Waals surface area (Å²) in [5, 5.41) is 1.02. The van der Waals surface area contributed by atoms with Gasteiger partial charge in [0.2, 0.25) is 0 Å². The zero-order chi connectivity index (χ0) is 13.8. The van der Waals surface area contributed by atoms with Crippen molar-refractivity contribution in [2.45, 2.75) is 13.8 Å². The fraction of sp³-hybridized carbons (Fsp3) is 0.636. The quantitative estimate of drug-likeness (QED) is 0.530. The normalized spacial score (nSPS) is 20.9. The van der Waals surface area contributed by atoms with Gasteiger partial charge in [-0.3, -0.25) is 9.59 Å². The Morgan fingerprint density at radius 3 is 2.06 bits per heavy atom. The smallest absolute Gasteiger partial charge is 0.320 e. The summed E-state index contributed by atoms with van der Waals surface area (Å²) in [6, 6.07) is 0. The Bertz CT molecular complexity index is 432. The van der Waals surface area contributed by atoms with Crippen LogP contribution in [0.4, 0.5) is 0 Å². The van der Waals surface area contributed by atoms with E-state index < -0.39 is 33.6 Å². The predicted molar refractivity (Wildman–Crippen MR) is 63.2 cm³/mol. The largest absolute Gasteiger partial charge is 0.465 e. The van der Waals surface area contributed by atoms with E-state index in [0.717, 1.165) is 5.41 Å². The predicted octanol–water partition coefficient (Wildman–Crippen LogP) is 0.287. The number of hydrogen-bond acceptors (Lipinski definition) is 6. The highest BCUT2D eigenvalue weighted by molar-refractivity contribution is 7.94. The molecule has 1 unspecified atom stereocenters. The van der Waals surface area contributed by atoms with Crippen LogP contribution in [-0.4, -0.2) is 39.3 Å². The van der Waals surface area contributed by atoms with E-state index in [-0.39, 0.29) is 19.0 Å². The van der Waals surface area contributed by atoms with Gasteiger partial charge in [-0.2, -0.15) is 0 Å². The Kier molecular flexibility index (Phi) is 4.89. The van der Waals surface area contributed by atoms with Gasteiger partial charge < -0.3 is 9.47 Å². The van der Waals surface area contributed by atoms with Gasteiger partial charge in [-0.05, 0) is 13.8 Å². The summed E-state index contributed by atoms with van der Waals surface area (Å²) in [6.07, 6.45) is 1.34. The first-order valence-corrected chi connectivity index (χ1v) is 7.37. The summed E-state index contributed by atoms with van der Waals surface area (Å²) in [5.74, 6) is -3.69. The number of carbonyl (C=O) groups is 2.